The first-order valence-corrected chi connectivity index (χ1v) is 6.23. The largest absolute Gasteiger partial charge is 0.481 e. The molecule has 0 saturated carbocycles. The summed E-state index contributed by atoms with van der Waals surface area (Å²) in [5.74, 6) is -0.800. The van der Waals surface area contributed by atoms with Gasteiger partial charge >= 0.3 is 5.97 Å². The maximum Gasteiger partial charge on any atom is 0.307 e. The van der Waals surface area contributed by atoms with E-state index in [4.69, 9.17) is 5.11 Å². The van der Waals surface area contributed by atoms with E-state index < -0.39 is 5.97 Å². The molecule has 0 radical (unpaired) electrons. The van der Waals surface area contributed by atoms with Crippen molar-refractivity contribution >= 4 is 11.7 Å². The summed E-state index contributed by atoms with van der Waals surface area (Å²) >= 11 is 0. The zero-order valence-corrected chi connectivity index (χ0v) is 10.9. The minimum atomic E-state index is -0.800. The average Bonchev–Trinajstić information content (AvgIpc) is 2.37. The summed E-state index contributed by atoms with van der Waals surface area (Å²) in [7, 11) is 0. The van der Waals surface area contributed by atoms with E-state index >= 15 is 0 Å². The highest BCUT2D eigenvalue weighted by molar-refractivity contribution is 5.70. The first-order valence-electron chi connectivity index (χ1n) is 6.23. The van der Waals surface area contributed by atoms with Gasteiger partial charge in [-0.3, -0.25) is 4.79 Å². The number of carboxylic acids is 1. The van der Waals surface area contributed by atoms with Crippen molar-refractivity contribution in [3.63, 3.8) is 0 Å². The van der Waals surface area contributed by atoms with Gasteiger partial charge in [0.05, 0.1) is 6.42 Å². The molecule has 0 aliphatic rings. The lowest BCUT2D eigenvalue weighted by Gasteiger charge is -2.07. The van der Waals surface area contributed by atoms with E-state index in [0.717, 1.165) is 23.4 Å². The van der Waals surface area contributed by atoms with E-state index in [-0.39, 0.29) is 6.42 Å². The molecule has 0 aliphatic heterocycles. The number of aliphatic carboxylic acids is 1. The number of anilines is 1. The Balaban J connectivity index is 1.94. The smallest absolute Gasteiger partial charge is 0.307 e. The van der Waals surface area contributed by atoms with Crippen LogP contribution in [0.1, 0.15) is 16.7 Å². The van der Waals surface area contributed by atoms with Gasteiger partial charge in [-0.05, 0) is 35.7 Å². The summed E-state index contributed by atoms with van der Waals surface area (Å²) in [6.07, 6.45) is 0.0750. The Bertz CT molecular complexity index is 561. The summed E-state index contributed by atoms with van der Waals surface area (Å²) in [6, 6.07) is 15.9. The van der Waals surface area contributed by atoms with Crippen LogP contribution in [-0.4, -0.2) is 11.1 Å². The minimum Gasteiger partial charge on any atom is -0.481 e. The Hall–Kier alpha value is -2.29. The summed E-state index contributed by atoms with van der Waals surface area (Å²) in [5, 5.41) is 12.0. The maximum atomic E-state index is 10.6. The number of carboxylic acid groups (broad SMARTS) is 1. The molecule has 0 fully saturated rings. The highest BCUT2D eigenvalue weighted by Crippen LogP contribution is 2.12. The molecule has 0 aliphatic carbocycles. The van der Waals surface area contributed by atoms with Crippen LogP contribution in [-0.2, 0) is 17.8 Å². The molecule has 2 aromatic rings. The van der Waals surface area contributed by atoms with Crippen molar-refractivity contribution in [3.05, 3.63) is 65.2 Å². The third-order valence-electron chi connectivity index (χ3n) is 2.89. The first kappa shape index (κ1) is 13.1. The van der Waals surface area contributed by atoms with Crippen molar-refractivity contribution < 1.29 is 9.90 Å². The Labute approximate surface area is 112 Å². The van der Waals surface area contributed by atoms with Crippen molar-refractivity contribution in [3.8, 4) is 0 Å². The van der Waals surface area contributed by atoms with Crippen molar-refractivity contribution in [2.75, 3.05) is 5.32 Å². The van der Waals surface area contributed by atoms with Gasteiger partial charge in [-0.1, -0.05) is 36.4 Å². The monoisotopic (exact) mass is 255 g/mol. The van der Waals surface area contributed by atoms with E-state index in [1.807, 2.05) is 36.4 Å². The van der Waals surface area contributed by atoms with Gasteiger partial charge in [0.2, 0.25) is 0 Å². The molecule has 0 amide bonds. The quantitative estimate of drug-likeness (QED) is 0.862. The molecule has 2 N–H and O–H groups in total. The van der Waals surface area contributed by atoms with Crippen LogP contribution in [0.15, 0.2) is 48.5 Å². The number of nitrogens with one attached hydrogen (secondary N) is 1. The summed E-state index contributed by atoms with van der Waals surface area (Å²) in [4.78, 5) is 10.6. The molecule has 0 aromatic heterocycles. The number of hydrogen-bond donors (Lipinski definition) is 2. The second-order valence-electron chi connectivity index (χ2n) is 4.61. The van der Waals surface area contributed by atoms with Crippen LogP contribution in [0, 0.1) is 6.92 Å². The highest BCUT2D eigenvalue weighted by atomic mass is 16.4. The van der Waals surface area contributed by atoms with Gasteiger partial charge in [-0.15, -0.1) is 0 Å². The molecular formula is C16H17NO2. The van der Waals surface area contributed by atoms with Gasteiger partial charge in [0.15, 0.2) is 0 Å². The molecule has 3 nitrogen and oxygen atoms in total. The SMILES string of the molecule is Cc1cccc(NCc2ccc(CC(=O)O)cc2)c1. The summed E-state index contributed by atoms with van der Waals surface area (Å²) in [5.41, 5.74) is 4.28. The zero-order chi connectivity index (χ0) is 13.7. The van der Waals surface area contributed by atoms with Gasteiger partial charge in [0, 0.05) is 12.2 Å². The van der Waals surface area contributed by atoms with E-state index in [1.165, 1.54) is 5.56 Å². The number of aryl methyl sites for hydroxylation is 1. The molecular weight excluding hydrogens is 238 g/mol. The predicted molar refractivity (Wildman–Crippen MR) is 76.3 cm³/mol. The number of benzene rings is 2. The number of hydrogen-bond acceptors (Lipinski definition) is 2. The first-order chi connectivity index (χ1) is 9.13. The topological polar surface area (TPSA) is 49.3 Å². The van der Waals surface area contributed by atoms with Gasteiger partial charge in [0.25, 0.3) is 0 Å². The van der Waals surface area contributed by atoms with Crippen LogP contribution in [0.3, 0.4) is 0 Å². The van der Waals surface area contributed by atoms with Crippen molar-refractivity contribution in [2.45, 2.75) is 19.9 Å². The lowest BCUT2D eigenvalue weighted by Crippen LogP contribution is -2.02. The van der Waals surface area contributed by atoms with E-state index in [2.05, 4.69) is 24.4 Å². The Morgan fingerprint density at radius 3 is 2.42 bits per heavy atom. The van der Waals surface area contributed by atoms with Crippen LogP contribution < -0.4 is 5.32 Å². The van der Waals surface area contributed by atoms with Gasteiger partial charge in [-0.2, -0.15) is 0 Å². The molecule has 0 bridgehead atoms. The fourth-order valence-electron chi connectivity index (χ4n) is 1.91. The summed E-state index contributed by atoms with van der Waals surface area (Å²) < 4.78 is 0. The molecule has 19 heavy (non-hydrogen) atoms. The zero-order valence-electron chi connectivity index (χ0n) is 10.9. The standard InChI is InChI=1S/C16H17NO2/c1-12-3-2-4-15(9-12)17-11-14-7-5-13(6-8-14)10-16(18)19/h2-9,17H,10-11H2,1H3,(H,18,19). The lowest BCUT2D eigenvalue weighted by molar-refractivity contribution is -0.136. The molecule has 0 unspecified atom stereocenters. The Morgan fingerprint density at radius 2 is 1.79 bits per heavy atom. The maximum absolute atomic E-state index is 10.6. The molecule has 0 spiro atoms. The lowest BCUT2D eigenvalue weighted by atomic mass is 10.1. The molecule has 0 heterocycles. The fraction of sp³-hybridized carbons (Fsp3) is 0.188. The van der Waals surface area contributed by atoms with Crippen LogP contribution >= 0.6 is 0 Å². The number of carbonyl (C=O) groups is 1. The molecule has 0 saturated heterocycles. The van der Waals surface area contributed by atoms with Crippen molar-refractivity contribution in [2.24, 2.45) is 0 Å². The van der Waals surface area contributed by atoms with Gasteiger partial charge in [0.1, 0.15) is 0 Å². The van der Waals surface area contributed by atoms with Crippen LogP contribution in [0.2, 0.25) is 0 Å². The van der Waals surface area contributed by atoms with Crippen LogP contribution in [0.4, 0.5) is 5.69 Å². The normalized spacial score (nSPS) is 10.2. The van der Waals surface area contributed by atoms with Crippen LogP contribution in [0.25, 0.3) is 0 Å². The average molecular weight is 255 g/mol. The minimum absolute atomic E-state index is 0.0750. The third kappa shape index (κ3) is 4.14. The van der Waals surface area contributed by atoms with Crippen LogP contribution in [0.5, 0.6) is 0 Å². The Kier molecular flexibility index (Phi) is 4.18. The van der Waals surface area contributed by atoms with Gasteiger partial charge < -0.3 is 10.4 Å². The predicted octanol–water partition coefficient (Wildman–Crippen LogP) is 3.23. The van der Waals surface area contributed by atoms with E-state index in [1.54, 1.807) is 0 Å². The molecule has 2 rings (SSSR count). The van der Waals surface area contributed by atoms with Crippen molar-refractivity contribution in [1.29, 1.82) is 0 Å². The highest BCUT2D eigenvalue weighted by Gasteiger charge is 2.00. The van der Waals surface area contributed by atoms with Gasteiger partial charge in [-0.25, -0.2) is 0 Å². The Morgan fingerprint density at radius 1 is 1.11 bits per heavy atom. The second-order valence-corrected chi connectivity index (χ2v) is 4.61. The fourth-order valence-corrected chi connectivity index (χ4v) is 1.91. The third-order valence-corrected chi connectivity index (χ3v) is 2.89. The second kappa shape index (κ2) is 6.05. The van der Waals surface area contributed by atoms with Crippen molar-refractivity contribution in [1.82, 2.24) is 0 Å². The summed E-state index contributed by atoms with van der Waals surface area (Å²) in [6.45, 7) is 2.79. The van der Waals surface area contributed by atoms with E-state index in [0.29, 0.717) is 0 Å². The molecule has 3 heteroatoms. The van der Waals surface area contributed by atoms with E-state index in [9.17, 15) is 4.79 Å². The molecule has 98 valence electrons. The number of rotatable bonds is 5. The molecule has 0 atom stereocenters. The molecule has 2 aromatic carbocycles.